The maximum atomic E-state index is 4.24. The molecule has 19 heavy (non-hydrogen) atoms. The van der Waals surface area contributed by atoms with E-state index < -0.39 is 0 Å². The first kappa shape index (κ1) is 14.8. The summed E-state index contributed by atoms with van der Waals surface area (Å²) in [5.74, 6) is 0. The Morgan fingerprint density at radius 3 is 2.74 bits per heavy atom. The van der Waals surface area contributed by atoms with Crippen LogP contribution in [0.4, 0.5) is 0 Å². The molecule has 0 bridgehead atoms. The predicted octanol–water partition coefficient (Wildman–Crippen LogP) is 3.66. The molecule has 0 aromatic carbocycles. The van der Waals surface area contributed by atoms with Crippen LogP contribution in [-0.2, 0) is 6.54 Å². The van der Waals surface area contributed by atoms with E-state index in [4.69, 9.17) is 0 Å². The molecule has 0 unspecified atom stereocenters. The van der Waals surface area contributed by atoms with Crippen molar-refractivity contribution in [3.05, 3.63) is 34.5 Å². The maximum Gasteiger partial charge on any atom is 0.0334 e. The van der Waals surface area contributed by atoms with Crippen LogP contribution in [0, 0.1) is 0 Å². The van der Waals surface area contributed by atoms with Crippen molar-refractivity contribution in [2.24, 2.45) is 0 Å². The first-order chi connectivity index (χ1) is 8.94. The number of nitrogens with zero attached hydrogens (tertiary/aromatic N) is 1. The van der Waals surface area contributed by atoms with E-state index in [9.17, 15) is 0 Å². The molecule has 0 saturated heterocycles. The number of thiophene rings is 1. The fourth-order valence-corrected chi connectivity index (χ4v) is 2.82. The van der Waals surface area contributed by atoms with Gasteiger partial charge in [0.1, 0.15) is 0 Å². The number of hydrogen-bond donors (Lipinski definition) is 1. The molecule has 2 rings (SSSR count). The molecule has 1 fully saturated rings. The second-order valence-electron chi connectivity index (χ2n) is 6.57. The molecular weight excluding hydrogens is 252 g/mol. The summed E-state index contributed by atoms with van der Waals surface area (Å²) in [6.45, 7) is 13.8. The monoisotopic (exact) mass is 278 g/mol. The van der Waals surface area contributed by atoms with Gasteiger partial charge in [-0.25, -0.2) is 0 Å². The minimum absolute atomic E-state index is 0.168. The van der Waals surface area contributed by atoms with Crippen LogP contribution in [-0.4, -0.2) is 29.6 Å². The Morgan fingerprint density at radius 2 is 2.21 bits per heavy atom. The topological polar surface area (TPSA) is 15.3 Å². The van der Waals surface area contributed by atoms with Gasteiger partial charge in [-0.05, 0) is 50.6 Å². The Kier molecular flexibility index (Phi) is 4.82. The minimum atomic E-state index is 0.168. The fourth-order valence-electron chi connectivity index (χ4n) is 2.09. The zero-order valence-electron chi connectivity index (χ0n) is 12.4. The number of rotatable bonds is 7. The summed E-state index contributed by atoms with van der Waals surface area (Å²) in [6, 6.07) is 5.16. The highest BCUT2D eigenvalue weighted by Gasteiger charge is 2.29. The Labute approximate surface area is 121 Å². The molecule has 0 aliphatic heterocycles. The molecule has 1 aromatic heterocycles. The first-order valence-corrected chi connectivity index (χ1v) is 8.00. The lowest BCUT2D eigenvalue weighted by Crippen LogP contribution is -2.39. The molecule has 2 nitrogen and oxygen atoms in total. The van der Waals surface area contributed by atoms with Crippen LogP contribution in [0.25, 0.3) is 0 Å². The normalized spacial score (nSPS) is 16.0. The van der Waals surface area contributed by atoms with Crippen LogP contribution in [0.2, 0.25) is 0 Å². The third kappa shape index (κ3) is 5.47. The third-order valence-corrected chi connectivity index (χ3v) is 4.16. The fraction of sp³-hybridized carbons (Fsp3) is 0.625. The van der Waals surface area contributed by atoms with Crippen molar-refractivity contribution in [2.75, 3.05) is 13.1 Å². The average molecular weight is 278 g/mol. The van der Waals surface area contributed by atoms with E-state index in [0.717, 1.165) is 25.7 Å². The zero-order chi connectivity index (χ0) is 13.9. The molecule has 0 amide bonds. The largest absolute Gasteiger partial charge is 0.308 e. The lowest BCUT2D eigenvalue weighted by molar-refractivity contribution is 0.276. The van der Waals surface area contributed by atoms with Gasteiger partial charge in [0.25, 0.3) is 0 Å². The molecule has 1 N–H and O–H groups in total. The van der Waals surface area contributed by atoms with E-state index in [-0.39, 0.29) is 5.54 Å². The Bertz CT molecular complexity index is 399. The van der Waals surface area contributed by atoms with E-state index in [2.05, 4.69) is 55.1 Å². The second kappa shape index (κ2) is 6.21. The van der Waals surface area contributed by atoms with Gasteiger partial charge < -0.3 is 5.32 Å². The van der Waals surface area contributed by atoms with E-state index >= 15 is 0 Å². The quantitative estimate of drug-likeness (QED) is 0.766. The highest BCUT2D eigenvalue weighted by atomic mass is 32.1. The smallest absolute Gasteiger partial charge is 0.0334 e. The van der Waals surface area contributed by atoms with Crippen molar-refractivity contribution in [3.8, 4) is 0 Å². The van der Waals surface area contributed by atoms with Crippen molar-refractivity contribution in [2.45, 2.75) is 51.7 Å². The van der Waals surface area contributed by atoms with Gasteiger partial charge in [-0.1, -0.05) is 12.6 Å². The van der Waals surface area contributed by atoms with E-state index in [1.807, 2.05) is 11.3 Å². The van der Waals surface area contributed by atoms with Gasteiger partial charge in [-0.2, -0.15) is 0 Å². The SMILES string of the molecule is C=C(CNC(C)(C)C)CN(Cc1cccs1)C1CC1. The van der Waals surface area contributed by atoms with Gasteiger partial charge in [0.2, 0.25) is 0 Å². The number of hydrogen-bond acceptors (Lipinski definition) is 3. The van der Waals surface area contributed by atoms with Crippen molar-refractivity contribution >= 4 is 11.3 Å². The molecule has 1 heterocycles. The van der Waals surface area contributed by atoms with Crippen LogP contribution >= 0.6 is 11.3 Å². The van der Waals surface area contributed by atoms with Crippen LogP contribution < -0.4 is 5.32 Å². The number of nitrogens with one attached hydrogen (secondary N) is 1. The summed E-state index contributed by atoms with van der Waals surface area (Å²) in [7, 11) is 0. The summed E-state index contributed by atoms with van der Waals surface area (Å²) in [4.78, 5) is 4.04. The standard InChI is InChI=1S/C16H26N2S/c1-13(10-17-16(2,3)4)11-18(14-7-8-14)12-15-6-5-9-19-15/h5-6,9,14,17H,1,7-8,10-12H2,2-4H3. The predicted molar refractivity (Wildman–Crippen MR) is 84.6 cm³/mol. The molecule has 1 saturated carbocycles. The Balaban J connectivity index is 1.81. The molecule has 106 valence electrons. The van der Waals surface area contributed by atoms with Crippen molar-refractivity contribution in [1.29, 1.82) is 0 Å². The Morgan fingerprint density at radius 1 is 1.47 bits per heavy atom. The first-order valence-electron chi connectivity index (χ1n) is 7.12. The van der Waals surface area contributed by atoms with Gasteiger partial charge in [-0.3, -0.25) is 4.90 Å². The van der Waals surface area contributed by atoms with Gasteiger partial charge in [-0.15, -0.1) is 11.3 Å². The Hall–Kier alpha value is -0.640. The molecule has 0 atom stereocenters. The van der Waals surface area contributed by atoms with Crippen molar-refractivity contribution < 1.29 is 0 Å². The lowest BCUT2D eigenvalue weighted by Gasteiger charge is -2.25. The molecule has 0 radical (unpaired) electrons. The summed E-state index contributed by atoms with van der Waals surface area (Å²) >= 11 is 1.85. The molecule has 1 aliphatic rings. The highest BCUT2D eigenvalue weighted by molar-refractivity contribution is 7.09. The van der Waals surface area contributed by atoms with E-state index in [1.165, 1.54) is 23.3 Å². The van der Waals surface area contributed by atoms with Gasteiger partial charge in [0.15, 0.2) is 0 Å². The summed E-state index contributed by atoms with van der Waals surface area (Å²) in [5.41, 5.74) is 1.46. The maximum absolute atomic E-state index is 4.24. The molecule has 3 heteroatoms. The second-order valence-corrected chi connectivity index (χ2v) is 7.60. The molecule has 1 aromatic rings. The third-order valence-electron chi connectivity index (χ3n) is 3.30. The van der Waals surface area contributed by atoms with E-state index in [1.54, 1.807) is 0 Å². The van der Waals surface area contributed by atoms with Gasteiger partial charge in [0.05, 0.1) is 0 Å². The van der Waals surface area contributed by atoms with E-state index in [0.29, 0.717) is 0 Å². The highest BCUT2D eigenvalue weighted by Crippen LogP contribution is 2.29. The summed E-state index contributed by atoms with van der Waals surface area (Å²) < 4.78 is 0. The van der Waals surface area contributed by atoms with Gasteiger partial charge in [0, 0.05) is 36.1 Å². The van der Waals surface area contributed by atoms with Crippen LogP contribution in [0.3, 0.4) is 0 Å². The lowest BCUT2D eigenvalue weighted by atomic mass is 10.1. The average Bonchev–Trinajstić information content (AvgIpc) is 3.04. The molecule has 1 aliphatic carbocycles. The summed E-state index contributed by atoms with van der Waals surface area (Å²) in [5, 5.41) is 5.68. The zero-order valence-corrected chi connectivity index (χ0v) is 13.2. The minimum Gasteiger partial charge on any atom is -0.308 e. The summed E-state index contributed by atoms with van der Waals surface area (Å²) in [6.07, 6.45) is 2.71. The van der Waals surface area contributed by atoms with Crippen LogP contribution in [0.15, 0.2) is 29.7 Å². The van der Waals surface area contributed by atoms with Crippen LogP contribution in [0.1, 0.15) is 38.5 Å². The molecular formula is C16H26N2S. The molecule has 0 spiro atoms. The van der Waals surface area contributed by atoms with Crippen molar-refractivity contribution in [3.63, 3.8) is 0 Å². The van der Waals surface area contributed by atoms with Crippen molar-refractivity contribution in [1.82, 2.24) is 10.2 Å². The van der Waals surface area contributed by atoms with Gasteiger partial charge >= 0.3 is 0 Å². The van der Waals surface area contributed by atoms with Crippen LogP contribution in [0.5, 0.6) is 0 Å².